The lowest BCUT2D eigenvalue weighted by atomic mass is 10.2. The van der Waals surface area contributed by atoms with Crippen molar-refractivity contribution in [2.24, 2.45) is 0 Å². The van der Waals surface area contributed by atoms with E-state index in [9.17, 15) is 26.7 Å². The third-order valence-electron chi connectivity index (χ3n) is 2.95. The van der Waals surface area contributed by atoms with Crippen molar-refractivity contribution in [2.45, 2.75) is 19.5 Å². The molecule has 0 heterocycles. The highest BCUT2D eigenvalue weighted by Crippen LogP contribution is 2.25. The van der Waals surface area contributed by atoms with Gasteiger partial charge in [-0.05, 0) is 18.2 Å². The topological polar surface area (TPSA) is 59.6 Å². The van der Waals surface area contributed by atoms with Crippen LogP contribution in [0.5, 0.6) is 11.5 Å². The maximum Gasteiger partial charge on any atom is 0.573 e. The average Bonchev–Trinajstić information content (AvgIpc) is 2.52. The van der Waals surface area contributed by atoms with E-state index in [4.69, 9.17) is 0 Å². The van der Waals surface area contributed by atoms with Gasteiger partial charge in [-0.3, -0.25) is 0 Å². The van der Waals surface area contributed by atoms with Gasteiger partial charge in [0, 0.05) is 23.9 Å². The number of carbonyl (C=O) groups excluding carboxylic acids is 1. The minimum Gasteiger partial charge on any atom is -0.434 e. The first-order chi connectivity index (χ1) is 12.2. The molecule has 0 saturated carbocycles. The van der Waals surface area contributed by atoms with Crippen molar-refractivity contribution >= 4 is 11.7 Å². The first-order valence-corrected chi connectivity index (χ1v) is 7.16. The standard InChI is InChI=1S/C16H13F5N2O3/c17-14(18)25-13-7-2-1-4-10(13)9-22-15(24)23-11-5-3-6-12(8-11)26-16(19,20)21/h1-8,14H,9H2,(H2,22,23,24). The second-order valence-corrected chi connectivity index (χ2v) is 4.87. The summed E-state index contributed by atoms with van der Waals surface area (Å²) in [5.41, 5.74) is 0.360. The molecular formula is C16H13F5N2O3. The quantitative estimate of drug-likeness (QED) is 0.730. The molecule has 0 spiro atoms. The average molecular weight is 376 g/mol. The zero-order valence-corrected chi connectivity index (χ0v) is 13.0. The molecule has 10 heteroatoms. The largest absolute Gasteiger partial charge is 0.573 e. The molecule has 0 unspecified atom stereocenters. The molecule has 140 valence electrons. The lowest BCUT2D eigenvalue weighted by Crippen LogP contribution is -2.28. The molecule has 0 aliphatic heterocycles. The van der Waals surface area contributed by atoms with Gasteiger partial charge in [0.1, 0.15) is 11.5 Å². The number of halogens is 5. The summed E-state index contributed by atoms with van der Waals surface area (Å²) >= 11 is 0. The lowest BCUT2D eigenvalue weighted by Gasteiger charge is -2.13. The van der Waals surface area contributed by atoms with Crippen LogP contribution in [0.1, 0.15) is 5.56 Å². The molecule has 0 radical (unpaired) electrons. The monoisotopic (exact) mass is 376 g/mol. The van der Waals surface area contributed by atoms with Crippen molar-refractivity contribution in [1.29, 1.82) is 0 Å². The second kappa shape index (κ2) is 8.37. The van der Waals surface area contributed by atoms with Gasteiger partial charge in [-0.15, -0.1) is 13.2 Å². The molecule has 2 N–H and O–H groups in total. The molecule has 0 aliphatic rings. The highest BCUT2D eigenvalue weighted by Gasteiger charge is 2.31. The van der Waals surface area contributed by atoms with Crippen molar-refractivity contribution in [2.75, 3.05) is 5.32 Å². The van der Waals surface area contributed by atoms with E-state index < -0.39 is 24.8 Å². The van der Waals surface area contributed by atoms with E-state index >= 15 is 0 Å². The van der Waals surface area contributed by atoms with Gasteiger partial charge in [-0.2, -0.15) is 8.78 Å². The Morgan fingerprint density at radius 1 is 1.08 bits per heavy atom. The van der Waals surface area contributed by atoms with Gasteiger partial charge in [0.25, 0.3) is 0 Å². The minimum atomic E-state index is -4.85. The molecule has 0 atom stereocenters. The predicted molar refractivity (Wildman–Crippen MR) is 82.1 cm³/mol. The third-order valence-corrected chi connectivity index (χ3v) is 2.95. The summed E-state index contributed by atoms with van der Waals surface area (Å²) in [6.45, 7) is -3.14. The smallest absolute Gasteiger partial charge is 0.434 e. The number of urea groups is 1. The second-order valence-electron chi connectivity index (χ2n) is 4.87. The number of ether oxygens (including phenoxy) is 2. The summed E-state index contributed by atoms with van der Waals surface area (Å²) in [6, 6.07) is 9.81. The Bertz CT molecular complexity index is 753. The number of anilines is 1. The van der Waals surface area contributed by atoms with Crippen molar-refractivity contribution < 1.29 is 36.2 Å². The molecule has 0 fully saturated rings. The van der Waals surface area contributed by atoms with Crippen LogP contribution in [-0.2, 0) is 6.54 Å². The van der Waals surface area contributed by atoms with E-state index in [0.29, 0.717) is 5.56 Å². The molecule has 0 aliphatic carbocycles. The molecule has 0 aromatic heterocycles. The summed E-state index contributed by atoms with van der Waals surface area (Å²) < 4.78 is 69.3. The fourth-order valence-corrected chi connectivity index (χ4v) is 1.98. The number of amides is 2. The Hall–Kier alpha value is -3.04. The number of para-hydroxylation sites is 1. The molecular weight excluding hydrogens is 363 g/mol. The van der Waals surface area contributed by atoms with Crippen LogP contribution in [0.2, 0.25) is 0 Å². The number of benzene rings is 2. The van der Waals surface area contributed by atoms with E-state index in [1.54, 1.807) is 6.07 Å². The molecule has 26 heavy (non-hydrogen) atoms. The van der Waals surface area contributed by atoms with E-state index in [2.05, 4.69) is 20.1 Å². The van der Waals surface area contributed by atoms with Crippen LogP contribution in [0, 0.1) is 0 Å². The van der Waals surface area contributed by atoms with E-state index in [0.717, 1.165) is 12.1 Å². The van der Waals surface area contributed by atoms with E-state index in [1.165, 1.54) is 30.3 Å². The SMILES string of the molecule is O=C(NCc1ccccc1OC(F)F)Nc1cccc(OC(F)(F)F)c1. The minimum absolute atomic E-state index is 0.0568. The van der Waals surface area contributed by atoms with Crippen molar-refractivity contribution in [1.82, 2.24) is 5.32 Å². The number of rotatable bonds is 6. The Kier molecular flexibility index (Phi) is 6.21. The van der Waals surface area contributed by atoms with Crippen molar-refractivity contribution in [3.8, 4) is 11.5 Å². The van der Waals surface area contributed by atoms with Gasteiger partial charge < -0.3 is 20.1 Å². The van der Waals surface area contributed by atoms with Gasteiger partial charge in [-0.1, -0.05) is 24.3 Å². The predicted octanol–water partition coefficient (Wildman–Crippen LogP) is 4.51. The normalized spacial score (nSPS) is 11.2. The molecule has 2 aromatic carbocycles. The summed E-state index contributed by atoms with van der Waals surface area (Å²) in [7, 11) is 0. The first-order valence-electron chi connectivity index (χ1n) is 7.16. The molecule has 2 aromatic rings. The van der Waals surface area contributed by atoms with E-state index in [-0.39, 0.29) is 18.0 Å². The number of alkyl halides is 5. The number of hydrogen-bond donors (Lipinski definition) is 2. The zero-order chi connectivity index (χ0) is 19.2. The molecule has 0 saturated heterocycles. The number of nitrogens with one attached hydrogen (secondary N) is 2. The van der Waals surface area contributed by atoms with Gasteiger partial charge in [0.2, 0.25) is 0 Å². The Morgan fingerprint density at radius 3 is 2.50 bits per heavy atom. The Morgan fingerprint density at radius 2 is 1.81 bits per heavy atom. The van der Waals surface area contributed by atoms with Crippen LogP contribution in [0.15, 0.2) is 48.5 Å². The van der Waals surface area contributed by atoms with Crippen molar-refractivity contribution in [3.63, 3.8) is 0 Å². The van der Waals surface area contributed by atoms with Crippen LogP contribution in [0.3, 0.4) is 0 Å². The summed E-state index contributed by atoms with van der Waals surface area (Å²) in [6.07, 6.45) is -4.85. The van der Waals surface area contributed by atoms with Crippen LogP contribution in [-0.4, -0.2) is 19.0 Å². The van der Waals surface area contributed by atoms with Crippen LogP contribution >= 0.6 is 0 Å². The number of hydrogen-bond acceptors (Lipinski definition) is 3. The van der Waals surface area contributed by atoms with Gasteiger partial charge >= 0.3 is 19.0 Å². The highest BCUT2D eigenvalue weighted by atomic mass is 19.4. The maximum atomic E-state index is 12.3. The Balaban J connectivity index is 1.95. The number of carbonyl (C=O) groups is 1. The van der Waals surface area contributed by atoms with Crippen LogP contribution in [0.25, 0.3) is 0 Å². The lowest BCUT2D eigenvalue weighted by molar-refractivity contribution is -0.274. The van der Waals surface area contributed by atoms with Crippen LogP contribution in [0.4, 0.5) is 32.4 Å². The van der Waals surface area contributed by atoms with Crippen LogP contribution < -0.4 is 20.1 Å². The molecule has 2 rings (SSSR count). The summed E-state index contributed by atoms with van der Waals surface area (Å²) in [5, 5.41) is 4.70. The van der Waals surface area contributed by atoms with Gasteiger partial charge in [0.15, 0.2) is 0 Å². The highest BCUT2D eigenvalue weighted by molar-refractivity contribution is 5.89. The fourth-order valence-electron chi connectivity index (χ4n) is 1.98. The first kappa shape index (κ1) is 19.3. The fraction of sp³-hybridized carbons (Fsp3) is 0.188. The Labute approximate surface area is 144 Å². The molecule has 2 amide bonds. The summed E-state index contributed by atoms with van der Waals surface area (Å²) in [5.74, 6) is -0.589. The molecule has 5 nitrogen and oxygen atoms in total. The van der Waals surface area contributed by atoms with Gasteiger partial charge in [0.05, 0.1) is 0 Å². The third kappa shape index (κ3) is 6.46. The van der Waals surface area contributed by atoms with Gasteiger partial charge in [-0.25, -0.2) is 4.79 Å². The molecule has 0 bridgehead atoms. The van der Waals surface area contributed by atoms with Crippen molar-refractivity contribution in [3.05, 3.63) is 54.1 Å². The maximum absolute atomic E-state index is 12.3. The summed E-state index contributed by atoms with van der Waals surface area (Å²) in [4.78, 5) is 11.8. The van der Waals surface area contributed by atoms with E-state index in [1.807, 2.05) is 0 Å². The zero-order valence-electron chi connectivity index (χ0n) is 13.0.